The lowest BCUT2D eigenvalue weighted by atomic mass is 9.92. The standard InChI is InChI=1S/C20H19BO4/c1-3-23-19(22)11-15-5-4-13(2)8-18(15)25-12-14-9-16-6-7-24-20(16)17(21)10-14/h4-10H,3,11-12H2,1-2H3. The van der Waals surface area contributed by atoms with Crippen LogP contribution in [0.2, 0.25) is 0 Å². The fraction of sp³-hybridized carbons (Fsp3) is 0.250. The molecule has 0 unspecified atom stereocenters. The number of ether oxygens (including phenoxy) is 2. The Kier molecular flexibility index (Phi) is 5.12. The lowest BCUT2D eigenvalue weighted by molar-refractivity contribution is -0.142. The van der Waals surface area contributed by atoms with Gasteiger partial charge in [-0.2, -0.15) is 0 Å². The Balaban J connectivity index is 1.79. The van der Waals surface area contributed by atoms with E-state index in [1.165, 1.54) is 0 Å². The fourth-order valence-electron chi connectivity index (χ4n) is 2.73. The lowest BCUT2D eigenvalue weighted by Crippen LogP contribution is -2.10. The van der Waals surface area contributed by atoms with Crippen molar-refractivity contribution in [2.24, 2.45) is 0 Å². The number of hydrogen-bond donors (Lipinski definition) is 0. The summed E-state index contributed by atoms with van der Waals surface area (Å²) < 4.78 is 16.3. The van der Waals surface area contributed by atoms with E-state index < -0.39 is 0 Å². The molecule has 0 aliphatic rings. The van der Waals surface area contributed by atoms with Crippen molar-refractivity contribution in [3.8, 4) is 5.75 Å². The summed E-state index contributed by atoms with van der Waals surface area (Å²) in [6.07, 6.45) is 1.80. The Bertz CT molecular complexity index is 898. The predicted molar refractivity (Wildman–Crippen MR) is 97.5 cm³/mol. The van der Waals surface area contributed by atoms with E-state index in [-0.39, 0.29) is 12.4 Å². The Hall–Kier alpha value is -2.69. The first-order valence-electron chi connectivity index (χ1n) is 8.20. The van der Waals surface area contributed by atoms with Gasteiger partial charge in [0.05, 0.1) is 19.3 Å². The van der Waals surface area contributed by atoms with Crippen LogP contribution in [0, 0.1) is 6.92 Å². The SMILES string of the molecule is [B]c1cc(COc2cc(C)ccc2CC(=O)OCC)cc2ccoc12. The number of rotatable bonds is 6. The highest BCUT2D eigenvalue weighted by atomic mass is 16.5. The minimum absolute atomic E-state index is 0.187. The van der Waals surface area contributed by atoms with Gasteiger partial charge in [0.25, 0.3) is 0 Å². The molecule has 2 aromatic carbocycles. The van der Waals surface area contributed by atoms with E-state index >= 15 is 0 Å². The molecular formula is C20H19BO4. The molecule has 1 heterocycles. The van der Waals surface area contributed by atoms with Crippen molar-refractivity contribution in [2.45, 2.75) is 26.9 Å². The number of fused-ring (bicyclic) bond motifs is 1. The van der Waals surface area contributed by atoms with E-state index in [4.69, 9.17) is 21.7 Å². The molecule has 3 aromatic rings. The summed E-state index contributed by atoms with van der Waals surface area (Å²) in [6.45, 7) is 4.49. The third-order valence-corrected chi connectivity index (χ3v) is 3.90. The molecule has 3 rings (SSSR count). The Morgan fingerprint density at radius 2 is 2.04 bits per heavy atom. The van der Waals surface area contributed by atoms with Crippen LogP contribution in [0.5, 0.6) is 5.75 Å². The second-order valence-corrected chi connectivity index (χ2v) is 5.91. The van der Waals surface area contributed by atoms with Crippen LogP contribution in [0.15, 0.2) is 47.1 Å². The molecular weight excluding hydrogens is 315 g/mol. The van der Waals surface area contributed by atoms with Crippen molar-refractivity contribution in [2.75, 3.05) is 6.61 Å². The molecule has 5 heteroatoms. The summed E-state index contributed by atoms with van der Waals surface area (Å²) in [7, 11) is 6.01. The summed E-state index contributed by atoms with van der Waals surface area (Å²) >= 11 is 0. The van der Waals surface area contributed by atoms with Gasteiger partial charge in [-0.1, -0.05) is 23.7 Å². The first-order chi connectivity index (χ1) is 12.1. The van der Waals surface area contributed by atoms with Crippen molar-refractivity contribution in [1.29, 1.82) is 0 Å². The number of esters is 1. The van der Waals surface area contributed by atoms with Crippen molar-refractivity contribution in [1.82, 2.24) is 0 Å². The van der Waals surface area contributed by atoms with Crippen LogP contribution < -0.4 is 10.2 Å². The van der Waals surface area contributed by atoms with E-state index in [1.54, 1.807) is 13.2 Å². The molecule has 0 atom stereocenters. The number of carbonyl (C=O) groups is 1. The highest BCUT2D eigenvalue weighted by molar-refractivity contribution is 6.38. The highest BCUT2D eigenvalue weighted by Crippen LogP contribution is 2.23. The van der Waals surface area contributed by atoms with Crippen molar-refractivity contribution in [3.63, 3.8) is 0 Å². The zero-order valence-electron chi connectivity index (χ0n) is 14.4. The van der Waals surface area contributed by atoms with Crippen molar-refractivity contribution >= 4 is 30.2 Å². The first-order valence-corrected chi connectivity index (χ1v) is 8.20. The zero-order chi connectivity index (χ0) is 17.8. The van der Waals surface area contributed by atoms with Gasteiger partial charge in [-0.3, -0.25) is 4.79 Å². The minimum Gasteiger partial charge on any atom is -0.489 e. The molecule has 0 saturated carbocycles. The van der Waals surface area contributed by atoms with Crippen LogP contribution in [0.25, 0.3) is 11.0 Å². The maximum atomic E-state index is 11.8. The summed E-state index contributed by atoms with van der Waals surface area (Å²) in [5, 5.41) is 0.939. The van der Waals surface area contributed by atoms with Crippen LogP contribution in [0.1, 0.15) is 23.6 Å². The maximum absolute atomic E-state index is 11.8. The van der Waals surface area contributed by atoms with Crippen LogP contribution >= 0.6 is 0 Å². The summed E-state index contributed by atoms with van der Waals surface area (Å²) in [6, 6.07) is 11.5. The Labute approximate surface area is 148 Å². The van der Waals surface area contributed by atoms with Gasteiger partial charge in [0.15, 0.2) is 0 Å². The zero-order valence-corrected chi connectivity index (χ0v) is 14.4. The predicted octanol–water partition coefficient (Wildman–Crippen LogP) is 3.22. The highest BCUT2D eigenvalue weighted by Gasteiger charge is 2.11. The third-order valence-electron chi connectivity index (χ3n) is 3.90. The van der Waals surface area contributed by atoms with Gasteiger partial charge in [0.2, 0.25) is 0 Å². The molecule has 0 N–H and O–H groups in total. The van der Waals surface area contributed by atoms with Crippen molar-refractivity contribution < 1.29 is 18.7 Å². The summed E-state index contributed by atoms with van der Waals surface area (Å²) in [4.78, 5) is 11.8. The lowest BCUT2D eigenvalue weighted by Gasteiger charge is -2.13. The van der Waals surface area contributed by atoms with Crippen LogP contribution in [0.3, 0.4) is 0 Å². The van der Waals surface area contributed by atoms with E-state index in [2.05, 4.69) is 0 Å². The van der Waals surface area contributed by atoms with Crippen LogP contribution in [-0.4, -0.2) is 20.4 Å². The normalized spacial score (nSPS) is 10.8. The summed E-state index contributed by atoms with van der Waals surface area (Å²) in [5.74, 6) is 0.416. The number of furan rings is 1. The van der Waals surface area contributed by atoms with Gasteiger partial charge in [-0.15, -0.1) is 0 Å². The molecule has 0 aliphatic carbocycles. The fourth-order valence-corrected chi connectivity index (χ4v) is 2.73. The molecule has 0 spiro atoms. The van der Waals surface area contributed by atoms with Crippen molar-refractivity contribution in [3.05, 3.63) is 59.4 Å². The Morgan fingerprint density at radius 3 is 2.84 bits per heavy atom. The maximum Gasteiger partial charge on any atom is 0.310 e. The second kappa shape index (κ2) is 7.47. The van der Waals surface area contributed by atoms with E-state index in [0.717, 1.165) is 22.1 Å². The molecule has 25 heavy (non-hydrogen) atoms. The number of hydrogen-bond acceptors (Lipinski definition) is 4. The van der Waals surface area contributed by atoms with Gasteiger partial charge in [0.1, 0.15) is 25.8 Å². The molecule has 0 bridgehead atoms. The monoisotopic (exact) mass is 334 g/mol. The topological polar surface area (TPSA) is 48.7 Å². The minimum atomic E-state index is -0.264. The number of carbonyl (C=O) groups excluding carboxylic acids is 1. The number of benzene rings is 2. The van der Waals surface area contributed by atoms with E-state index in [0.29, 0.717) is 30.0 Å². The smallest absolute Gasteiger partial charge is 0.310 e. The molecule has 1 aromatic heterocycles. The molecule has 0 amide bonds. The molecule has 126 valence electrons. The van der Waals surface area contributed by atoms with Crippen LogP contribution in [0.4, 0.5) is 0 Å². The quantitative estimate of drug-likeness (QED) is 0.513. The average molecular weight is 334 g/mol. The molecule has 4 nitrogen and oxygen atoms in total. The summed E-state index contributed by atoms with van der Waals surface area (Å²) in [5.41, 5.74) is 4.07. The molecule has 0 aliphatic heterocycles. The molecule has 0 fully saturated rings. The van der Waals surface area contributed by atoms with Gasteiger partial charge in [-0.25, -0.2) is 0 Å². The van der Waals surface area contributed by atoms with Gasteiger partial charge < -0.3 is 13.9 Å². The largest absolute Gasteiger partial charge is 0.489 e. The Morgan fingerprint density at radius 1 is 1.20 bits per heavy atom. The first kappa shape index (κ1) is 17.1. The molecule has 0 saturated heterocycles. The third kappa shape index (κ3) is 4.05. The molecule has 2 radical (unpaired) electrons. The van der Waals surface area contributed by atoms with E-state index in [1.807, 2.05) is 43.3 Å². The van der Waals surface area contributed by atoms with Gasteiger partial charge >= 0.3 is 5.97 Å². The number of aryl methyl sites for hydroxylation is 1. The van der Waals surface area contributed by atoms with E-state index in [9.17, 15) is 4.79 Å². The second-order valence-electron chi connectivity index (χ2n) is 5.91. The van der Waals surface area contributed by atoms with Crippen LogP contribution in [-0.2, 0) is 22.6 Å². The van der Waals surface area contributed by atoms with Gasteiger partial charge in [-0.05, 0) is 43.2 Å². The van der Waals surface area contributed by atoms with Gasteiger partial charge in [0, 0.05) is 10.9 Å². The average Bonchev–Trinajstić information content (AvgIpc) is 3.04.